The van der Waals surface area contributed by atoms with Crippen LogP contribution in [0, 0.1) is 187 Å². The van der Waals surface area contributed by atoms with Gasteiger partial charge in [0.15, 0.2) is 33.0 Å². The second-order valence-corrected chi connectivity index (χ2v) is 53.6. The molecule has 27 saturated carbocycles. The molecule has 0 aliphatic heterocycles. The Morgan fingerprint density at radius 2 is 0.500 bits per heavy atom. The van der Waals surface area contributed by atoms with E-state index in [0.717, 1.165) is 103 Å². The Morgan fingerprint density at radius 3 is 0.725 bits per heavy atom. The number of ether oxygens (including phenoxy) is 10. The van der Waals surface area contributed by atoms with Crippen molar-refractivity contribution in [2.45, 2.75) is 393 Å². The van der Waals surface area contributed by atoms with Crippen molar-refractivity contribution in [1.29, 1.82) is 0 Å². The zero-order chi connectivity index (χ0) is 97.9. The van der Waals surface area contributed by atoms with Crippen molar-refractivity contribution in [2.24, 2.45) is 187 Å². The highest BCUT2D eigenvalue weighted by molar-refractivity contribution is 5.90. The molecule has 0 N–H and O–H groups in total. The predicted molar refractivity (Wildman–Crippen MR) is 523 cm³/mol. The molecule has 27 fully saturated rings. The first-order valence-electron chi connectivity index (χ1n) is 55.6. The maximum absolute atomic E-state index is 12.9. The molecule has 20 heteroatoms. The van der Waals surface area contributed by atoms with Crippen LogP contribution in [0.25, 0.3) is 0 Å². The quantitative estimate of drug-likeness (QED) is 0.0467. The molecule has 0 aromatic rings. The normalized spacial score (nSPS) is 46.2. The molecule has 0 aromatic heterocycles. The fourth-order valence-corrected chi connectivity index (χ4v) is 39.7. The predicted octanol–water partition coefficient (Wildman–Crippen LogP) is 23.7. The van der Waals surface area contributed by atoms with Gasteiger partial charge in [0.25, 0.3) is 0 Å². The fourth-order valence-electron chi connectivity index (χ4n) is 39.7. The molecular formula is C118H172O20. The standard InChI is InChI=1S/C24H34O4.2C24H36O4.C23H32O4.C23H34O4/c1-14(2)22(26)27-13-21(25)28-24(20-9-15-4-5-17(20)6-15)18-7-16-8-19(24)12-23(3,10-16)11-18;1-15(2)22(26)27-14-21(25)28-24(18-7-5-16(3)6-8-18)19-9-17-10-20(24)13-23(4,11-17)12-19;1-15(2)22(26)27-14-21(25)28-24(18-7-5-6-16(3)8-18)19-9-17-10-20(24)13-23(4,11-17)12-19;1-3-20(24)26-13-21(25)27-23(19-9-14-4-5-16(19)6-14)17-7-15-8-18(23)12-22(2,10-15)11-17;1-4-20(24)26-14-21(25)27-23(17-7-5-6-15(2)8-17)18-9-16-10-19(23)13-22(3,11-16)12-18/h15-20H,1,4-13H2,2-3H3;2*16-20H,1,5-14H2,2-4H3;3,14-19H,1,4-13H2,2H3;4,15-19H,1,5-14H2,2-3H3. The highest BCUT2D eigenvalue weighted by Gasteiger charge is 2.73. The van der Waals surface area contributed by atoms with Gasteiger partial charge in [0.1, 0.15) is 28.0 Å². The lowest BCUT2D eigenvalue weighted by atomic mass is 9.42. The Kier molecular flexibility index (Phi) is 29.0. The molecule has 0 aromatic carbocycles. The first-order chi connectivity index (χ1) is 65.5. The van der Waals surface area contributed by atoms with Gasteiger partial charge < -0.3 is 47.4 Å². The highest BCUT2D eigenvalue weighted by atomic mass is 16.6. The molecule has 764 valence electrons. The molecule has 24 bridgehead atoms. The summed E-state index contributed by atoms with van der Waals surface area (Å²) in [6.45, 7) is 40.1. The molecular weight excluding hydrogens is 1740 g/mol. The zero-order valence-corrected chi connectivity index (χ0v) is 86.3. The van der Waals surface area contributed by atoms with E-state index in [2.05, 4.69) is 88.3 Å². The van der Waals surface area contributed by atoms with E-state index in [-0.39, 0.29) is 90.9 Å². The molecule has 20 unspecified atom stereocenters. The number of fused-ring (bicyclic) bond motifs is 4. The van der Waals surface area contributed by atoms with Gasteiger partial charge in [-0.15, -0.1) is 0 Å². The molecule has 27 rings (SSSR count). The minimum Gasteiger partial charge on any atom is -0.456 e. The lowest BCUT2D eigenvalue weighted by Crippen LogP contribution is -2.66. The smallest absolute Gasteiger partial charge is 0.344 e. The van der Waals surface area contributed by atoms with Crippen LogP contribution in [0.5, 0.6) is 0 Å². The van der Waals surface area contributed by atoms with Gasteiger partial charge in [-0.2, -0.15) is 0 Å². The molecule has 20 nitrogen and oxygen atoms in total. The molecule has 20 atom stereocenters. The van der Waals surface area contributed by atoms with E-state index in [0.29, 0.717) is 144 Å². The first kappa shape index (κ1) is 101. The van der Waals surface area contributed by atoms with Gasteiger partial charge in [0.05, 0.1) is 0 Å². The summed E-state index contributed by atoms with van der Waals surface area (Å²) in [5, 5.41) is 0. The summed E-state index contributed by atoms with van der Waals surface area (Å²) in [5.41, 5.74) is 1.52. The van der Waals surface area contributed by atoms with Crippen LogP contribution < -0.4 is 0 Å². The number of hydrogen-bond donors (Lipinski definition) is 0. The minimum atomic E-state index is -0.565. The largest absolute Gasteiger partial charge is 0.456 e. The van der Waals surface area contributed by atoms with Crippen LogP contribution >= 0.6 is 0 Å². The Balaban J connectivity index is 0.000000115. The van der Waals surface area contributed by atoms with Crippen LogP contribution in [0.2, 0.25) is 0 Å². The summed E-state index contributed by atoms with van der Waals surface area (Å²) in [5.74, 6) is 12.1. The van der Waals surface area contributed by atoms with Gasteiger partial charge in [0.2, 0.25) is 0 Å². The fraction of sp³-hybridized carbons (Fsp3) is 0.831. The lowest BCUT2D eigenvalue weighted by Gasteiger charge is -2.66. The Morgan fingerprint density at radius 1 is 0.254 bits per heavy atom. The molecule has 0 amide bonds. The second kappa shape index (κ2) is 39.4. The molecule has 27 aliphatic carbocycles. The first-order valence-corrected chi connectivity index (χ1v) is 55.6. The van der Waals surface area contributed by atoms with E-state index in [1.165, 1.54) is 257 Å². The Bertz CT molecular complexity index is 4550. The van der Waals surface area contributed by atoms with E-state index in [4.69, 9.17) is 47.4 Å². The van der Waals surface area contributed by atoms with Gasteiger partial charge in [-0.25, -0.2) is 47.9 Å². The lowest BCUT2D eigenvalue weighted by molar-refractivity contribution is -0.249. The zero-order valence-electron chi connectivity index (χ0n) is 86.3. The Labute approximate surface area is 825 Å². The van der Waals surface area contributed by atoms with Crippen molar-refractivity contribution < 1.29 is 95.3 Å². The summed E-state index contributed by atoms with van der Waals surface area (Å²) in [6.07, 6.45) is 57.9. The van der Waals surface area contributed by atoms with Gasteiger partial charge in [-0.1, -0.05) is 140 Å². The van der Waals surface area contributed by atoms with Crippen molar-refractivity contribution in [1.82, 2.24) is 0 Å². The average molecular weight is 1910 g/mol. The number of carbonyl (C=O) groups is 10. The van der Waals surface area contributed by atoms with E-state index < -0.39 is 29.8 Å². The summed E-state index contributed by atoms with van der Waals surface area (Å²) >= 11 is 0. The van der Waals surface area contributed by atoms with Gasteiger partial charge in [-0.3, -0.25) is 0 Å². The Hall–Kier alpha value is -6.60. The van der Waals surface area contributed by atoms with Gasteiger partial charge in [-0.05, 0) is 374 Å². The third-order valence-corrected chi connectivity index (χ3v) is 42.8. The average Bonchev–Trinajstić information content (AvgIpc) is 1.05. The van der Waals surface area contributed by atoms with E-state index in [1.807, 2.05) is 0 Å². The molecule has 138 heavy (non-hydrogen) atoms. The highest BCUT2D eigenvalue weighted by Crippen LogP contribution is 2.75. The number of rotatable bonds is 25. The topological polar surface area (TPSA) is 263 Å². The number of esters is 10. The van der Waals surface area contributed by atoms with Crippen LogP contribution in [-0.4, -0.2) is 121 Å². The number of hydrogen-bond acceptors (Lipinski definition) is 20. The van der Waals surface area contributed by atoms with Crippen molar-refractivity contribution in [3.05, 3.63) is 61.8 Å². The summed E-state index contributed by atoms with van der Waals surface area (Å²) in [4.78, 5) is 122. The maximum Gasteiger partial charge on any atom is 0.344 e. The van der Waals surface area contributed by atoms with Gasteiger partial charge >= 0.3 is 59.7 Å². The van der Waals surface area contributed by atoms with Crippen LogP contribution in [0.3, 0.4) is 0 Å². The van der Waals surface area contributed by atoms with E-state index in [9.17, 15) is 47.9 Å². The third-order valence-electron chi connectivity index (χ3n) is 42.8. The van der Waals surface area contributed by atoms with Gasteiger partial charge in [0, 0.05) is 99.9 Å². The minimum absolute atomic E-state index is 0.283. The maximum atomic E-state index is 12.9. The number of carbonyl (C=O) groups excluding carboxylic acids is 10. The summed E-state index contributed by atoms with van der Waals surface area (Å²) in [7, 11) is 0. The molecule has 27 aliphatic rings. The summed E-state index contributed by atoms with van der Waals surface area (Å²) in [6, 6.07) is 0. The molecule has 0 heterocycles. The molecule has 0 radical (unpaired) electrons. The van der Waals surface area contributed by atoms with Crippen LogP contribution in [0.4, 0.5) is 0 Å². The SMILES string of the molecule is C=C(C)C(=O)OCC(=O)OC1(C2CC3CCC2C3)C2CC3CC1CC(C)(C3)C2.C=C(C)C(=O)OCC(=O)OC1(C2CCC(C)CC2)C2CC3CC1CC(C)(C3)C2.C=C(C)C(=O)OCC(=O)OC1(C2CCCC(C)C2)C2CC3CC1CC(C)(C3)C2.C=CC(=O)OCC(=O)OC1(C2CC3CCC2C3)C2CC3CC1CC(C)(C3)C2.C=CC(=O)OCC(=O)OC1(C2CCCC(C)C2)C2CC3CC1CC(C)(C3)C2. The van der Waals surface area contributed by atoms with E-state index in [1.54, 1.807) is 20.8 Å². The van der Waals surface area contributed by atoms with Crippen LogP contribution in [0.15, 0.2) is 61.8 Å². The molecule has 0 spiro atoms. The van der Waals surface area contributed by atoms with Crippen molar-refractivity contribution in [3.8, 4) is 0 Å². The van der Waals surface area contributed by atoms with Crippen molar-refractivity contribution in [2.75, 3.05) is 33.0 Å². The second-order valence-electron chi connectivity index (χ2n) is 53.6. The van der Waals surface area contributed by atoms with Crippen molar-refractivity contribution in [3.63, 3.8) is 0 Å². The van der Waals surface area contributed by atoms with Crippen LogP contribution in [-0.2, 0) is 95.3 Å². The van der Waals surface area contributed by atoms with Crippen LogP contribution in [0.1, 0.15) is 365 Å². The summed E-state index contributed by atoms with van der Waals surface area (Å²) < 4.78 is 57.5. The molecule has 0 saturated heterocycles. The van der Waals surface area contributed by atoms with E-state index >= 15 is 0 Å². The third kappa shape index (κ3) is 19.8. The van der Waals surface area contributed by atoms with Crippen molar-refractivity contribution >= 4 is 59.7 Å². The monoisotopic (exact) mass is 1910 g/mol.